The van der Waals surface area contributed by atoms with E-state index in [2.05, 4.69) is 27.1 Å². The number of aldehydes is 1. The topological polar surface area (TPSA) is 117 Å². The van der Waals surface area contributed by atoms with Gasteiger partial charge in [-0.15, -0.1) is 0 Å². The van der Waals surface area contributed by atoms with Gasteiger partial charge in [-0.1, -0.05) is 30.7 Å². The number of alkyl halides is 3. The number of hydrogen-bond acceptors (Lipinski definition) is 9. The number of fused-ring (bicyclic) bond motifs is 4. The van der Waals surface area contributed by atoms with Crippen molar-refractivity contribution < 1.29 is 40.7 Å². The number of allylic oxidation sites excluding steroid dienone is 1. The average Bonchev–Trinajstić information content (AvgIpc) is 3.28. The molecule has 2 N–H and O–H groups in total. The summed E-state index contributed by atoms with van der Waals surface area (Å²) < 4.78 is 76.7. The quantitative estimate of drug-likeness (QED) is 0.288. The second-order valence-electron chi connectivity index (χ2n) is 15.8. The molecule has 6 atom stereocenters. The molecule has 2 aliphatic carbocycles. The van der Waals surface area contributed by atoms with E-state index in [1.165, 1.54) is 16.0 Å². The summed E-state index contributed by atoms with van der Waals surface area (Å²) in [5.74, 6) is -0.203. The Bertz CT molecular complexity index is 1860. The van der Waals surface area contributed by atoms with E-state index in [1.54, 1.807) is 32.2 Å². The summed E-state index contributed by atoms with van der Waals surface area (Å²) in [5, 5.41) is 2.87. The first kappa shape index (κ1) is 41.5. The van der Waals surface area contributed by atoms with Crippen LogP contribution in [0.15, 0.2) is 48.6 Å². The number of anilines is 1. The van der Waals surface area contributed by atoms with Gasteiger partial charge in [-0.25, -0.2) is 13.1 Å². The highest BCUT2D eigenvalue weighted by Gasteiger charge is 2.49. The molecule has 1 spiro atoms. The van der Waals surface area contributed by atoms with Gasteiger partial charge in [0.25, 0.3) is 5.91 Å². The second kappa shape index (κ2) is 16.7. The number of benzene rings is 2. The van der Waals surface area contributed by atoms with Crippen molar-refractivity contribution in [1.82, 2.24) is 14.9 Å². The van der Waals surface area contributed by atoms with Crippen LogP contribution >= 0.6 is 11.6 Å². The molecule has 0 aromatic heterocycles. The number of nitrogens with zero attached hydrogens (tertiary/aromatic N) is 2. The second-order valence-corrected chi connectivity index (χ2v) is 18.3. The van der Waals surface area contributed by atoms with Gasteiger partial charge in [-0.2, -0.15) is 13.2 Å². The van der Waals surface area contributed by atoms with Crippen LogP contribution in [-0.4, -0.2) is 102 Å². The number of methoxy groups -OCH3 is 1. The van der Waals surface area contributed by atoms with Crippen molar-refractivity contribution in [3.8, 4) is 5.75 Å². The van der Waals surface area contributed by atoms with Crippen molar-refractivity contribution >= 4 is 39.5 Å². The van der Waals surface area contributed by atoms with Crippen LogP contribution in [0.5, 0.6) is 5.75 Å². The predicted octanol–water partition coefficient (Wildman–Crippen LogP) is 5.92. The van der Waals surface area contributed by atoms with Gasteiger partial charge >= 0.3 is 6.18 Å². The Labute approximate surface area is 327 Å². The fraction of sp³-hybridized carbons (Fsp3) is 0.600. The molecular weight excluding hydrogens is 757 g/mol. The third kappa shape index (κ3) is 9.19. The number of ether oxygens (including phenoxy) is 2. The van der Waals surface area contributed by atoms with Crippen molar-refractivity contribution in [2.45, 2.75) is 74.8 Å². The Hall–Kier alpha value is -3.17. The van der Waals surface area contributed by atoms with Crippen molar-refractivity contribution in [1.29, 1.82) is 0 Å². The number of hydrogen-bond donors (Lipinski definition) is 2. The first-order valence-corrected chi connectivity index (χ1v) is 21.1. The van der Waals surface area contributed by atoms with Crippen molar-refractivity contribution in [3.05, 3.63) is 70.3 Å². The Balaban J connectivity index is 0.000000403. The molecule has 2 aromatic rings. The monoisotopic (exact) mass is 808 g/mol. The summed E-state index contributed by atoms with van der Waals surface area (Å²) in [6.07, 6.45) is 5.61. The van der Waals surface area contributed by atoms with Crippen LogP contribution in [0.4, 0.5) is 18.9 Å². The molecule has 7 rings (SSSR count). The fourth-order valence-corrected chi connectivity index (χ4v) is 10.3. The normalized spacial score (nSPS) is 31.5. The zero-order chi connectivity index (χ0) is 39.6. The van der Waals surface area contributed by atoms with Crippen LogP contribution < -0.4 is 19.7 Å². The average molecular weight is 809 g/mol. The number of rotatable bonds is 3. The maximum atomic E-state index is 13.4. The lowest BCUT2D eigenvalue weighted by molar-refractivity contribution is -0.146. The third-order valence-electron chi connectivity index (χ3n) is 12.3. The van der Waals surface area contributed by atoms with Gasteiger partial charge in [0, 0.05) is 68.3 Å². The van der Waals surface area contributed by atoms with Gasteiger partial charge in [-0.3, -0.25) is 14.5 Å². The number of aryl methyl sites for hydroxylation is 1. The molecule has 0 unspecified atom stereocenters. The summed E-state index contributed by atoms with van der Waals surface area (Å²) in [4.78, 5) is 29.8. The molecule has 55 heavy (non-hydrogen) atoms. The summed E-state index contributed by atoms with van der Waals surface area (Å²) in [5.41, 5.74) is 2.05. The molecule has 1 amide bonds. The van der Waals surface area contributed by atoms with Crippen molar-refractivity contribution in [2.24, 2.45) is 17.8 Å². The zero-order valence-corrected chi connectivity index (χ0v) is 33.2. The highest BCUT2D eigenvalue weighted by Crippen LogP contribution is 2.48. The number of carbonyl (C=O) groups excluding carboxylic acids is 2. The molecule has 302 valence electrons. The first-order valence-electron chi connectivity index (χ1n) is 19.1. The fourth-order valence-electron chi connectivity index (χ4n) is 8.81. The van der Waals surface area contributed by atoms with E-state index in [4.69, 9.17) is 21.1 Å². The molecule has 1 saturated carbocycles. The molecular formula is C40H52ClF3N4O6S. The minimum Gasteiger partial charge on any atom is -0.490 e. The third-order valence-corrected chi connectivity index (χ3v) is 14.5. The minimum absolute atomic E-state index is 0.0434. The number of nitrogens with one attached hydrogen (secondary N) is 2. The van der Waals surface area contributed by atoms with Gasteiger partial charge in [0.05, 0.1) is 24.1 Å². The van der Waals surface area contributed by atoms with Crippen LogP contribution in [-0.2, 0) is 31.4 Å². The zero-order valence-electron chi connectivity index (χ0n) is 31.7. The van der Waals surface area contributed by atoms with Crippen LogP contribution in [0, 0.1) is 17.8 Å². The Morgan fingerprint density at radius 2 is 1.87 bits per heavy atom. The van der Waals surface area contributed by atoms with Gasteiger partial charge < -0.3 is 19.7 Å². The molecule has 2 aromatic carbocycles. The van der Waals surface area contributed by atoms with E-state index in [1.807, 2.05) is 25.1 Å². The number of piperazine rings is 1. The highest BCUT2D eigenvalue weighted by molar-refractivity contribution is 7.90. The molecule has 2 fully saturated rings. The molecule has 0 radical (unpaired) electrons. The standard InChI is InChI=1S/C34H41ClN2O6S.C6H11F3N2/c1-22-6-4-15-34(20-38,42-3)29-11-8-26(29)18-37-19-33(14-5-7-24-16-27(35)10-12-28(24)33)21-43-31-13-9-25(17-30(31)37)32(39)36-44(40,41)23(22)2;7-6(8,9)5-11-3-1-10-2-4-11/h4,9-10,12-13,15-17,20,22-23,26,29H,5-8,11,14,18-19,21H2,1-3H3,(H,36,39);10H,1-5H2/b15-4+;/t22-,23+,26-,29+,33-,34+;/m0./s1. The van der Waals surface area contributed by atoms with E-state index in [0.717, 1.165) is 44.1 Å². The largest absolute Gasteiger partial charge is 0.490 e. The van der Waals surface area contributed by atoms with Crippen LogP contribution in [0.1, 0.15) is 67.4 Å². The summed E-state index contributed by atoms with van der Waals surface area (Å²) in [7, 11) is -2.41. The smallest absolute Gasteiger partial charge is 0.401 e. The molecule has 3 heterocycles. The van der Waals surface area contributed by atoms with Crippen molar-refractivity contribution in [2.75, 3.05) is 64.4 Å². The lowest BCUT2D eigenvalue weighted by atomic mass is 9.64. The van der Waals surface area contributed by atoms with Crippen LogP contribution in [0.25, 0.3) is 0 Å². The van der Waals surface area contributed by atoms with E-state index < -0.39 is 39.5 Å². The lowest BCUT2D eigenvalue weighted by Gasteiger charge is -2.48. The lowest BCUT2D eigenvalue weighted by Crippen LogP contribution is -2.53. The van der Waals surface area contributed by atoms with Gasteiger partial charge in [0.2, 0.25) is 10.0 Å². The SMILES string of the molecule is CO[C@@]1(C=O)/C=C/C[C@H](C)[C@@H](C)S(=O)(=O)NC(=O)c2ccc3c(c2)N(C[C@@H]2CC[C@H]21)C[C@@]1(CCCc2cc(Cl)ccc21)CO3.FC(F)(F)CN1CCNCC1. The highest BCUT2D eigenvalue weighted by atomic mass is 35.5. The number of amides is 1. The maximum absolute atomic E-state index is 13.4. The molecule has 5 aliphatic rings. The van der Waals surface area contributed by atoms with Gasteiger partial charge in [0.15, 0.2) is 6.29 Å². The minimum atomic E-state index is -4.04. The van der Waals surface area contributed by atoms with E-state index in [9.17, 15) is 31.2 Å². The van der Waals surface area contributed by atoms with E-state index in [-0.39, 0.29) is 28.7 Å². The summed E-state index contributed by atoms with van der Waals surface area (Å²) in [6, 6.07) is 11.3. The van der Waals surface area contributed by atoms with E-state index >= 15 is 0 Å². The maximum Gasteiger partial charge on any atom is 0.401 e. The number of sulfonamides is 1. The molecule has 10 nitrogen and oxygen atoms in total. The number of carbonyl (C=O) groups is 2. The molecule has 1 saturated heterocycles. The Morgan fingerprint density at radius 1 is 1.11 bits per heavy atom. The Morgan fingerprint density at radius 3 is 2.55 bits per heavy atom. The Kier molecular flexibility index (Phi) is 12.6. The summed E-state index contributed by atoms with van der Waals surface area (Å²) >= 11 is 6.40. The number of halogens is 4. The first-order chi connectivity index (χ1) is 26.1. The molecule has 2 bridgehead atoms. The molecule has 15 heteroatoms. The van der Waals surface area contributed by atoms with Crippen LogP contribution in [0.3, 0.4) is 0 Å². The molecule has 3 aliphatic heterocycles. The van der Waals surface area contributed by atoms with Gasteiger partial charge in [-0.05, 0) is 105 Å². The van der Waals surface area contributed by atoms with E-state index in [0.29, 0.717) is 63.1 Å². The summed E-state index contributed by atoms with van der Waals surface area (Å²) in [6.45, 7) is 6.73. The van der Waals surface area contributed by atoms with Crippen molar-refractivity contribution in [3.63, 3.8) is 0 Å². The predicted molar refractivity (Wildman–Crippen MR) is 206 cm³/mol. The van der Waals surface area contributed by atoms with Gasteiger partial charge in [0.1, 0.15) is 11.4 Å². The van der Waals surface area contributed by atoms with Crippen LogP contribution in [0.2, 0.25) is 5.02 Å².